The summed E-state index contributed by atoms with van der Waals surface area (Å²) >= 11 is 11.6. The maximum absolute atomic E-state index is 11.9. The van der Waals surface area contributed by atoms with Gasteiger partial charge in [-0.3, -0.25) is 4.79 Å². The number of nitrogens with zero attached hydrogens (tertiary/aromatic N) is 2. The van der Waals surface area contributed by atoms with Crippen molar-refractivity contribution in [1.29, 1.82) is 0 Å². The van der Waals surface area contributed by atoms with Crippen LogP contribution < -0.4 is 11.1 Å². The third-order valence-corrected chi connectivity index (χ3v) is 3.36. The summed E-state index contributed by atoms with van der Waals surface area (Å²) in [4.78, 5) is 19.5. The number of hydrogen-bond acceptors (Lipinski definition) is 4. The third-order valence-electron chi connectivity index (χ3n) is 2.62. The summed E-state index contributed by atoms with van der Waals surface area (Å²) in [6.45, 7) is 4.67. The van der Waals surface area contributed by atoms with Gasteiger partial charge in [0.15, 0.2) is 11.0 Å². The number of halogens is 2. The summed E-state index contributed by atoms with van der Waals surface area (Å²) in [7, 11) is 0. The van der Waals surface area contributed by atoms with Crippen LogP contribution in [0.25, 0.3) is 0 Å². The van der Waals surface area contributed by atoms with Crippen LogP contribution >= 0.6 is 23.2 Å². The highest BCUT2D eigenvalue weighted by atomic mass is 35.5. The van der Waals surface area contributed by atoms with Crippen LogP contribution in [0, 0.1) is 11.8 Å². The van der Waals surface area contributed by atoms with Crippen molar-refractivity contribution >= 4 is 34.9 Å². The topological polar surface area (TPSA) is 80.9 Å². The Morgan fingerprint density at radius 3 is 2.68 bits per heavy atom. The highest BCUT2D eigenvalue weighted by Crippen LogP contribution is 2.25. The van der Waals surface area contributed by atoms with E-state index in [4.69, 9.17) is 28.9 Å². The van der Waals surface area contributed by atoms with E-state index in [9.17, 15) is 4.79 Å². The first-order valence-corrected chi connectivity index (χ1v) is 6.85. The molecular formula is C12H18Cl2N4O. The molecule has 0 aliphatic heterocycles. The van der Waals surface area contributed by atoms with E-state index < -0.39 is 0 Å². The summed E-state index contributed by atoms with van der Waals surface area (Å²) in [5.74, 6) is 0.703. The predicted octanol–water partition coefficient (Wildman–Crippen LogP) is 2.73. The number of nitrogens with one attached hydrogen (secondary N) is 1. The smallest absolute Gasteiger partial charge is 0.225 e. The molecule has 1 atom stereocenters. The van der Waals surface area contributed by atoms with E-state index in [1.54, 1.807) is 0 Å². The van der Waals surface area contributed by atoms with E-state index in [2.05, 4.69) is 29.1 Å². The van der Waals surface area contributed by atoms with Gasteiger partial charge in [0, 0.05) is 6.42 Å². The molecule has 3 N–H and O–H groups in total. The molecule has 0 aromatic carbocycles. The summed E-state index contributed by atoms with van der Waals surface area (Å²) in [5, 5.41) is 2.89. The van der Waals surface area contributed by atoms with Crippen LogP contribution in [0.15, 0.2) is 6.33 Å². The fourth-order valence-electron chi connectivity index (χ4n) is 1.81. The van der Waals surface area contributed by atoms with E-state index >= 15 is 0 Å². The minimum atomic E-state index is -0.173. The maximum Gasteiger partial charge on any atom is 0.225 e. The number of anilines is 1. The molecule has 0 saturated heterocycles. The number of carbonyl (C=O) groups is 1. The van der Waals surface area contributed by atoms with Gasteiger partial charge in [0.1, 0.15) is 11.3 Å². The lowest BCUT2D eigenvalue weighted by Crippen LogP contribution is -2.24. The molecule has 1 aromatic rings. The minimum Gasteiger partial charge on any atom is -0.330 e. The lowest BCUT2D eigenvalue weighted by atomic mass is 9.94. The molecule has 0 spiro atoms. The van der Waals surface area contributed by atoms with Gasteiger partial charge in [-0.05, 0) is 24.8 Å². The summed E-state index contributed by atoms with van der Waals surface area (Å²) in [6, 6.07) is 0. The van der Waals surface area contributed by atoms with Gasteiger partial charge in [-0.1, -0.05) is 37.0 Å². The molecule has 106 valence electrons. The summed E-state index contributed by atoms with van der Waals surface area (Å²) < 4.78 is 0. The zero-order valence-corrected chi connectivity index (χ0v) is 12.5. The lowest BCUT2D eigenvalue weighted by Gasteiger charge is -2.16. The van der Waals surface area contributed by atoms with E-state index in [1.807, 2.05) is 0 Å². The second kappa shape index (κ2) is 7.62. The largest absolute Gasteiger partial charge is 0.330 e. The van der Waals surface area contributed by atoms with Crippen LogP contribution in [0.5, 0.6) is 0 Å². The fraction of sp³-hybridized carbons (Fsp3) is 0.583. The van der Waals surface area contributed by atoms with Crippen LogP contribution in [-0.4, -0.2) is 22.4 Å². The molecule has 1 amide bonds. The van der Waals surface area contributed by atoms with E-state index in [0.29, 0.717) is 18.9 Å². The normalized spacial score (nSPS) is 12.5. The van der Waals surface area contributed by atoms with Crippen molar-refractivity contribution in [2.45, 2.75) is 26.7 Å². The average molecular weight is 305 g/mol. The Morgan fingerprint density at radius 2 is 2.11 bits per heavy atom. The number of nitrogens with two attached hydrogens (primary N) is 1. The zero-order chi connectivity index (χ0) is 14.4. The van der Waals surface area contributed by atoms with Crippen molar-refractivity contribution in [1.82, 2.24) is 9.97 Å². The van der Waals surface area contributed by atoms with Crippen LogP contribution in [-0.2, 0) is 4.79 Å². The number of aromatic nitrogens is 2. The van der Waals surface area contributed by atoms with Gasteiger partial charge in [-0.2, -0.15) is 0 Å². The Morgan fingerprint density at radius 1 is 1.42 bits per heavy atom. The molecular weight excluding hydrogens is 287 g/mol. The molecule has 0 unspecified atom stereocenters. The third kappa shape index (κ3) is 5.30. The van der Waals surface area contributed by atoms with Gasteiger partial charge >= 0.3 is 0 Å². The fourth-order valence-corrected chi connectivity index (χ4v) is 2.09. The Balaban J connectivity index is 2.62. The van der Waals surface area contributed by atoms with E-state index in [1.165, 1.54) is 6.33 Å². The van der Waals surface area contributed by atoms with Gasteiger partial charge in [0.25, 0.3) is 0 Å². The molecule has 19 heavy (non-hydrogen) atoms. The van der Waals surface area contributed by atoms with Crippen molar-refractivity contribution in [2.24, 2.45) is 17.6 Å². The van der Waals surface area contributed by atoms with E-state index in [0.717, 1.165) is 6.42 Å². The first-order valence-electron chi connectivity index (χ1n) is 6.10. The van der Waals surface area contributed by atoms with Crippen LogP contribution in [0.3, 0.4) is 0 Å². The number of hydrogen-bond donors (Lipinski definition) is 2. The molecule has 0 radical (unpaired) electrons. The second-order valence-electron chi connectivity index (χ2n) is 4.81. The molecule has 0 aliphatic rings. The number of carbonyl (C=O) groups excluding carboxylic acids is 1. The van der Waals surface area contributed by atoms with E-state index in [-0.39, 0.29) is 27.8 Å². The quantitative estimate of drug-likeness (QED) is 0.792. The lowest BCUT2D eigenvalue weighted by molar-refractivity contribution is -0.117. The monoisotopic (exact) mass is 304 g/mol. The highest BCUT2D eigenvalue weighted by molar-refractivity contribution is 6.42. The van der Waals surface area contributed by atoms with Gasteiger partial charge in [-0.25, -0.2) is 9.97 Å². The molecule has 0 bridgehead atoms. The molecule has 1 rings (SSSR count). The minimum absolute atomic E-state index is 0.115. The van der Waals surface area contributed by atoms with Crippen molar-refractivity contribution < 1.29 is 4.79 Å². The molecule has 5 nitrogen and oxygen atoms in total. The van der Waals surface area contributed by atoms with Crippen LogP contribution in [0.4, 0.5) is 5.82 Å². The molecule has 7 heteroatoms. The van der Waals surface area contributed by atoms with Crippen LogP contribution in [0.1, 0.15) is 26.7 Å². The predicted molar refractivity (Wildman–Crippen MR) is 77.3 cm³/mol. The zero-order valence-electron chi connectivity index (χ0n) is 11.0. The summed E-state index contributed by atoms with van der Waals surface area (Å²) in [6.07, 6.45) is 2.49. The average Bonchev–Trinajstić information content (AvgIpc) is 2.33. The standard InChI is InChI=1S/C12H18Cl2N4O/c1-7(2)3-8(5-15)4-9(19)18-12-10(13)11(14)16-6-17-12/h6-8H,3-5,15H2,1-2H3,(H,16,17,18,19)/t8-/m0/s1. The van der Waals surface area contributed by atoms with Crippen LogP contribution in [0.2, 0.25) is 10.2 Å². The summed E-state index contributed by atoms with van der Waals surface area (Å²) in [5.41, 5.74) is 5.66. The van der Waals surface area contributed by atoms with Gasteiger partial charge in [-0.15, -0.1) is 0 Å². The Bertz CT molecular complexity index is 440. The first kappa shape index (κ1) is 16.1. The molecule has 0 saturated carbocycles. The van der Waals surface area contributed by atoms with Crippen molar-refractivity contribution in [3.8, 4) is 0 Å². The highest BCUT2D eigenvalue weighted by Gasteiger charge is 2.16. The van der Waals surface area contributed by atoms with Gasteiger partial charge in [0.05, 0.1) is 0 Å². The second-order valence-corrected chi connectivity index (χ2v) is 5.55. The van der Waals surface area contributed by atoms with Crippen molar-refractivity contribution in [2.75, 3.05) is 11.9 Å². The Labute approximate surface area is 122 Å². The number of rotatable bonds is 6. The Kier molecular flexibility index (Phi) is 6.48. The van der Waals surface area contributed by atoms with Crippen molar-refractivity contribution in [3.05, 3.63) is 16.5 Å². The van der Waals surface area contributed by atoms with Gasteiger partial charge in [0.2, 0.25) is 5.91 Å². The van der Waals surface area contributed by atoms with Gasteiger partial charge < -0.3 is 11.1 Å². The molecule has 0 aliphatic carbocycles. The van der Waals surface area contributed by atoms with Crippen molar-refractivity contribution in [3.63, 3.8) is 0 Å². The molecule has 1 aromatic heterocycles. The SMILES string of the molecule is CC(C)C[C@H](CN)CC(=O)Nc1ncnc(Cl)c1Cl. The molecule has 0 fully saturated rings. The molecule has 1 heterocycles. The maximum atomic E-state index is 11.9. The number of amides is 1. The first-order chi connectivity index (χ1) is 8.93. The Hall–Kier alpha value is -0.910.